The monoisotopic (exact) mass is 732 g/mol. The van der Waals surface area contributed by atoms with Crippen molar-refractivity contribution < 1.29 is 40.9 Å². The van der Waals surface area contributed by atoms with Crippen LogP contribution in [-0.2, 0) is 0 Å². The summed E-state index contributed by atoms with van der Waals surface area (Å²) in [6.45, 7) is 1.87. The highest BCUT2D eigenvalue weighted by Gasteiger charge is 2.54. The summed E-state index contributed by atoms with van der Waals surface area (Å²) < 4.78 is 0. The summed E-state index contributed by atoms with van der Waals surface area (Å²) in [5, 5.41) is 91.3. The largest absolute Gasteiger partial charge is 0.390 e. The van der Waals surface area contributed by atoms with Crippen molar-refractivity contribution in [2.45, 2.75) is 104 Å². The van der Waals surface area contributed by atoms with Gasteiger partial charge in [-0.05, 0) is 82.7 Å². The van der Waals surface area contributed by atoms with Crippen molar-refractivity contribution in [1.82, 2.24) is 19.9 Å². The van der Waals surface area contributed by atoms with E-state index in [1.54, 1.807) is 12.2 Å². The fourth-order valence-corrected chi connectivity index (χ4v) is 11.3. The molecule has 11 rings (SSSR count). The molecule has 5 heterocycles. The highest BCUT2D eigenvalue weighted by molar-refractivity contribution is 5.69. The highest BCUT2D eigenvalue weighted by Crippen LogP contribution is 2.56. The lowest BCUT2D eigenvalue weighted by atomic mass is 9.81. The molecule has 12 nitrogen and oxygen atoms in total. The molecule has 0 aromatic carbocycles. The number of hydrogen-bond acceptors (Lipinski definition) is 8. The lowest BCUT2D eigenvalue weighted by Gasteiger charge is -2.31. The van der Waals surface area contributed by atoms with Gasteiger partial charge in [-0.3, -0.25) is 0 Å². The normalized spacial score (nSPS) is 39.3. The van der Waals surface area contributed by atoms with Crippen LogP contribution in [-0.4, -0.2) is 110 Å². The zero-order valence-corrected chi connectivity index (χ0v) is 29.4. The van der Waals surface area contributed by atoms with Gasteiger partial charge in [-0.2, -0.15) is 0 Å². The minimum Gasteiger partial charge on any atom is -0.390 e. The SMILES string of the molecule is CC1C=CC(c2cc3[nH]c2=Cc2[nH]c(cc2C2C=CC(O)C2O)C=c2[nH]c(c4c2C2CC4C(O)C2O)=Cc2[nH]c(c4c2C2CC4C(O)C2O)C=3)C(O)C1O. The smallest absolute Gasteiger partial charge is 0.0989 e. The van der Waals surface area contributed by atoms with E-state index in [0.717, 1.165) is 66.5 Å². The summed E-state index contributed by atoms with van der Waals surface area (Å²) >= 11 is 0. The van der Waals surface area contributed by atoms with Crippen LogP contribution in [0.1, 0.15) is 111 Å². The molecule has 6 aliphatic carbocycles. The van der Waals surface area contributed by atoms with Gasteiger partial charge in [-0.1, -0.05) is 31.2 Å². The molecule has 0 radical (unpaired) electrons. The number of H-pyrrole nitrogens is 4. The number of nitrogens with one attached hydrogen (secondary N) is 4. The maximum atomic E-state index is 11.4. The Balaban J connectivity index is 1.21. The van der Waals surface area contributed by atoms with E-state index in [2.05, 4.69) is 19.9 Å². The second kappa shape index (κ2) is 11.4. The van der Waals surface area contributed by atoms with Crippen LogP contribution in [0.25, 0.3) is 24.3 Å². The Bertz CT molecular complexity index is 2560. The van der Waals surface area contributed by atoms with Gasteiger partial charge < -0.3 is 60.8 Å². The maximum absolute atomic E-state index is 11.4. The average Bonchev–Trinajstić information content (AvgIpc) is 4.02. The molecule has 4 aromatic heterocycles. The first-order valence-corrected chi connectivity index (χ1v) is 19.1. The molecule has 7 aliphatic rings. The van der Waals surface area contributed by atoms with Crippen molar-refractivity contribution in [2.75, 3.05) is 0 Å². The van der Waals surface area contributed by atoms with Gasteiger partial charge in [-0.25, -0.2) is 0 Å². The molecule has 1 aliphatic heterocycles. The summed E-state index contributed by atoms with van der Waals surface area (Å²) in [7, 11) is 0. The van der Waals surface area contributed by atoms with Gasteiger partial charge in [0.25, 0.3) is 0 Å². The van der Waals surface area contributed by atoms with Crippen molar-refractivity contribution in [2.24, 2.45) is 5.92 Å². The number of aliphatic hydroxyl groups is 8. The van der Waals surface area contributed by atoms with Crippen molar-refractivity contribution >= 4 is 24.3 Å². The van der Waals surface area contributed by atoms with E-state index in [1.807, 2.05) is 55.5 Å². The van der Waals surface area contributed by atoms with E-state index in [4.69, 9.17) is 0 Å². The number of rotatable bonds is 2. The molecular weight excluding hydrogens is 688 g/mol. The Kier molecular flexibility index (Phi) is 7.00. The van der Waals surface area contributed by atoms with Gasteiger partial charge in [0.05, 0.1) is 48.8 Å². The fraction of sp³-hybridized carbons (Fsp3) is 0.429. The molecule has 15 unspecified atom stereocenters. The van der Waals surface area contributed by atoms with E-state index in [1.165, 1.54) is 0 Å². The van der Waals surface area contributed by atoms with Gasteiger partial charge >= 0.3 is 0 Å². The van der Waals surface area contributed by atoms with Crippen molar-refractivity contribution in [1.29, 1.82) is 0 Å². The first-order valence-electron chi connectivity index (χ1n) is 19.1. The standard InChI is InChI=1S/C42H44N4O8/c1-14-2-3-18(38(50)36(14)48)20-7-16-9-28-33-22-11-24(42(54)40(22)52)35(33)30(46-28)13-29-34-23-10-21(39(51)41(23)53)32(34)27(45-29)8-15-6-19(17-4-5-31(47)37(17)49)25(43-15)12-26(20)44-16/h2-9,12-14,17-18,21-24,31,36-54H,10-11H2,1H3. The summed E-state index contributed by atoms with van der Waals surface area (Å²) in [6, 6.07) is 3.93. The van der Waals surface area contributed by atoms with Crippen LogP contribution in [0.2, 0.25) is 0 Å². The third-order valence-corrected chi connectivity index (χ3v) is 13.9. The Hall–Kier alpha value is -4.24. The van der Waals surface area contributed by atoms with Gasteiger partial charge in [0, 0.05) is 85.6 Å². The minimum absolute atomic E-state index is 0.221. The zero-order valence-electron chi connectivity index (χ0n) is 29.4. The van der Waals surface area contributed by atoms with Gasteiger partial charge in [0.15, 0.2) is 0 Å². The van der Waals surface area contributed by atoms with Crippen molar-refractivity contribution in [3.8, 4) is 0 Å². The molecule has 12 heteroatoms. The number of aliphatic hydroxyl groups excluding tert-OH is 8. The molecule has 54 heavy (non-hydrogen) atoms. The van der Waals surface area contributed by atoms with Crippen LogP contribution in [0, 0.1) is 5.92 Å². The quantitative estimate of drug-likeness (QED) is 0.0968. The average molecular weight is 733 g/mol. The predicted molar refractivity (Wildman–Crippen MR) is 197 cm³/mol. The molecule has 4 aromatic rings. The third-order valence-electron chi connectivity index (χ3n) is 13.9. The van der Waals surface area contributed by atoms with E-state index < -0.39 is 60.7 Å². The van der Waals surface area contributed by atoms with Crippen LogP contribution in [0.3, 0.4) is 0 Å². The summed E-state index contributed by atoms with van der Waals surface area (Å²) in [6.07, 6.45) is 8.76. The Morgan fingerprint density at radius 1 is 0.463 bits per heavy atom. The molecule has 0 spiro atoms. The Labute approximate surface area is 308 Å². The minimum atomic E-state index is -1.06. The van der Waals surface area contributed by atoms with Crippen molar-refractivity contribution in [3.05, 3.63) is 114 Å². The molecule has 0 saturated heterocycles. The van der Waals surface area contributed by atoms with Crippen LogP contribution in [0.4, 0.5) is 0 Å². The number of aromatic nitrogens is 4. The van der Waals surface area contributed by atoms with Gasteiger partial charge in [-0.15, -0.1) is 0 Å². The molecule has 280 valence electrons. The summed E-state index contributed by atoms with van der Waals surface area (Å²) in [5.74, 6) is -2.31. The molecule has 12 bridgehead atoms. The molecule has 0 amide bonds. The van der Waals surface area contributed by atoms with Crippen molar-refractivity contribution in [3.63, 3.8) is 0 Å². The summed E-state index contributed by atoms with van der Waals surface area (Å²) in [5.41, 5.74) is 8.37. The lowest BCUT2D eigenvalue weighted by molar-refractivity contribution is -0.0150. The first kappa shape index (κ1) is 33.1. The lowest BCUT2D eigenvalue weighted by Crippen LogP contribution is -2.39. The van der Waals surface area contributed by atoms with E-state index in [0.29, 0.717) is 23.9 Å². The Morgan fingerprint density at radius 3 is 1.69 bits per heavy atom. The molecule has 2 fully saturated rings. The molecule has 15 atom stereocenters. The highest BCUT2D eigenvalue weighted by atomic mass is 16.3. The molecule has 12 N–H and O–H groups in total. The van der Waals surface area contributed by atoms with Crippen LogP contribution in [0.15, 0.2) is 36.4 Å². The van der Waals surface area contributed by atoms with Gasteiger partial charge in [0.2, 0.25) is 0 Å². The predicted octanol–water partition coefficient (Wildman–Crippen LogP) is -1.37. The topological polar surface area (TPSA) is 225 Å². The van der Waals surface area contributed by atoms with Gasteiger partial charge in [0.1, 0.15) is 0 Å². The molecular formula is C42H44N4O8. The maximum Gasteiger partial charge on any atom is 0.0989 e. The Morgan fingerprint density at radius 2 is 1.04 bits per heavy atom. The van der Waals surface area contributed by atoms with E-state index in [-0.39, 0.29) is 29.6 Å². The number of hydrogen-bond donors (Lipinski definition) is 12. The van der Waals surface area contributed by atoms with Crippen LogP contribution >= 0.6 is 0 Å². The second-order valence-electron chi connectivity index (χ2n) is 16.8. The fourth-order valence-electron chi connectivity index (χ4n) is 11.3. The number of aromatic amines is 4. The third kappa shape index (κ3) is 4.42. The second-order valence-corrected chi connectivity index (χ2v) is 16.8. The van der Waals surface area contributed by atoms with E-state index >= 15 is 0 Å². The number of fused-ring (bicyclic) bond motifs is 22. The zero-order chi connectivity index (χ0) is 37.1. The van der Waals surface area contributed by atoms with E-state index in [9.17, 15) is 40.9 Å². The first-order chi connectivity index (χ1) is 26.0. The van der Waals surface area contributed by atoms with Crippen LogP contribution in [0.5, 0.6) is 0 Å². The molecule has 2 saturated carbocycles. The summed E-state index contributed by atoms with van der Waals surface area (Å²) in [4.78, 5) is 14.4. The van der Waals surface area contributed by atoms with Crippen LogP contribution < -0.4 is 21.4 Å².